The van der Waals surface area contributed by atoms with Crippen LogP contribution in [0.2, 0.25) is 0 Å². The molecule has 8 aromatic carbocycles. The Bertz CT molecular complexity index is 3110. The summed E-state index contributed by atoms with van der Waals surface area (Å²) >= 11 is 0. The van der Waals surface area contributed by atoms with E-state index in [0.29, 0.717) is 0 Å². The van der Waals surface area contributed by atoms with Crippen molar-refractivity contribution in [1.82, 2.24) is 14.5 Å². The minimum Gasteiger partial charge on any atom is -0.290 e. The number of imidazole rings is 1. The third kappa shape index (κ3) is 4.22. The van der Waals surface area contributed by atoms with Crippen LogP contribution in [-0.2, 0) is 5.41 Å². The van der Waals surface area contributed by atoms with Crippen molar-refractivity contribution in [3.05, 3.63) is 222 Å². The molecule has 0 saturated heterocycles. The van der Waals surface area contributed by atoms with E-state index < -0.39 is 0 Å². The maximum atomic E-state index is 5.46. The first-order chi connectivity index (χ1) is 27.8. The van der Waals surface area contributed by atoms with Crippen molar-refractivity contribution in [1.29, 1.82) is 0 Å². The summed E-state index contributed by atoms with van der Waals surface area (Å²) in [5, 5.41) is 1.04. The lowest BCUT2D eigenvalue weighted by Gasteiger charge is -2.30. The van der Waals surface area contributed by atoms with Crippen molar-refractivity contribution in [3.63, 3.8) is 0 Å². The van der Waals surface area contributed by atoms with Crippen LogP contribution in [0.3, 0.4) is 0 Å². The molecular weight excluding hydrogens is 679 g/mol. The van der Waals surface area contributed by atoms with Crippen LogP contribution in [0, 0.1) is 0 Å². The summed E-state index contributed by atoms with van der Waals surface area (Å²) < 4.78 is 2.29. The fraction of sp³-hybridized carbons (Fsp3) is 0.0189. The second-order valence-corrected chi connectivity index (χ2v) is 14.9. The Morgan fingerprint density at radius 1 is 0.375 bits per heavy atom. The number of rotatable bonds is 4. The van der Waals surface area contributed by atoms with Gasteiger partial charge in [0.05, 0.1) is 16.6 Å². The molecule has 1 spiro atoms. The number of fused-ring (bicyclic) bond motifs is 13. The molecule has 10 aromatic rings. The van der Waals surface area contributed by atoms with Crippen molar-refractivity contribution in [2.75, 3.05) is 0 Å². The summed E-state index contributed by atoms with van der Waals surface area (Å²) in [5.74, 6) is 0.885. The predicted molar refractivity (Wildman–Crippen MR) is 229 cm³/mol. The minimum absolute atomic E-state index is 0.372. The van der Waals surface area contributed by atoms with E-state index in [2.05, 4.69) is 199 Å². The van der Waals surface area contributed by atoms with Gasteiger partial charge in [0.1, 0.15) is 16.9 Å². The molecular formula is C53H33N3. The van der Waals surface area contributed by atoms with Crippen LogP contribution in [0.1, 0.15) is 22.3 Å². The zero-order chi connectivity index (χ0) is 36.8. The van der Waals surface area contributed by atoms with E-state index in [0.717, 1.165) is 50.3 Å². The number of pyridine rings is 1. The van der Waals surface area contributed by atoms with E-state index >= 15 is 0 Å². The van der Waals surface area contributed by atoms with Gasteiger partial charge < -0.3 is 0 Å². The molecule has 2 aliphatic carbocycles. The Kier molecular flexibility index (Phi) is 6.55. The highest BCUT2D eigenvalue weighted by atomic mass is 15.1. The monoisotopic (exact) mass is 711 g/mol. The zero-order valence-corrected chi connectivity index (χ0v) is 30.4. The smallest absolute Gasteiger partial charge is 0.145 e. The van der Waals surface area contributed by atoms with Gasteiger partial charge in [0.2, 0.25) is 0 Å². The summed E-state index contributed by atoms with van der Waals surface area (Å²) in [7, 11) is 0. The third-order valence-electron chi connectivity index (χ3n) is 12.0. The van der Waals surface area contributed by atoms with Crippen molar-refractivity contribution >= 4 is 21.9 Å². The molecule has 2 aliphatic rings. The van der Waals surface area contributed by atoms with Crippen molar-refractivity contribution < 1.29 is 0 Å². The number of aromatic nitrogens is 3. The Labute approximate surface area is 324 Å². The SMILES string of the molecule is c1ccc(-c2nc3ccccc3c3nc(-c4ccc(-c5ccc6c(c5)C5(c7ccccc7-c7ccccc75)c5ccccc5-6)cc4)n(-c4ccccc4)c23)cc1. The molecule has 56 heavy (non-hydrogen) atoms. The highest BCUT2D eigenvalue weighted by Gasteiger charge is 2.51. The molecule has 0 fully saturated rings. The van der Waals surface area contributed by atoms with Crippen LogP contribution >= 0.6 is 0 Å². The molecule has 0 N–H and O–H groups in total. The molecule has 260 valence electrons. The maximum absolute atomic E-state index is 5.46. The van der Waals surface area contributed by atoms with Gasteiger partial charge in [0, 0.05) is 22.2 Å². The standard InChI is InChI=1S/C53H33N3/c1-3-15-35(16-4-1)49-51-50(43-22-10-14-26-48(43)54-49)55-52(56(51)38-17-5-2-6-18-38)36-29-27-34(28-30-36)37-31-32-42-41-21-9-13-25-46(41)53(47(42)33-37)44-23-11-7-19-39(44)40-20-8-12-24-45(40)53/h1-33H. The van der Waals surface area contributed by atoms with E-state index in [1.54, 1.807) is 0 Å². The molecule has 0 atom stereocenters. The van der Waals surface area contributed by atoms with Gasteiger partial charge in [-0.15, -0.1) is 0 Å². The van der Waals surface area contributed by atoms with Crippen LogP contribution in [0.4, 0.5) is 0 Å². The molecule has 0 unspecified atom stereocenters. The molecule has 0 radical (unpaired) electrons. The van der Waals surface area contributed by atoms with Crippen LogP contribution in [-0.4, -0.2) is 14.5 Å². The van der Waals surface area contributed by atoms with E-state index in [4.69, 9.17) is 9.97 Å². The minimum atomic E-state index is -0.372. The first-order valence-corrected chi connectivity index (χ1v) is 19.3. The lowest BCUT2D eigenvalue weighted by atomic mass is 9.70. The van der Waals surface area contributed by atoms with Crippen molar-refractivity contribution in [3.8, 4) is 61.7 Å². The number of para-hydroxylation sites is 2. The molecule has 0 bridgehead atoms. The Hall–Kier alpha value is -7.36. The first kappa shape index (κ1) is 31.0. The van der Waals surface area contributed by atoms with Gasteiger partial charge in [0.25, 0.3) is 0 Å². The van der Waals surface area contributed by atoms with Gasteiger partial charge >= 0.3 is 0 Å². The summed E-state index contributed by atoms with van der Waals surface area (Å²) in [5.41, 5.74) is 19.6. The molecule has 3 heteroatoms. The highest BCUT2D eigenvalue weighted by molar-refractivity contribution is 6.09. The van der Waals surface area contributed by atoms with Gasteiger partial charge in [-0.25, -0.2) is 9.97 Å². The van der Waals surface area contributed by atoms with Crippen LogP contribution < -0.4 is 0 Å². The summed E-state index contributed by atoms with van der Waals surface area (Å²) in [6.07, 6.45) is 0. The molecule has 12 rings (SSSR count). The second kappa shape index (κ2) is 11.8. The van der Waals surface area contributed by atoms with Gasteiger partial charge in [0.15, 0.2) is 0 Å². The van der Waals surface area contributed by atoms with Crippen LogP contribution in [0.15, 0.2) is 200 Å². The summed E-state index contributed by atoms with van der Waals surface area (Å²) in [4.78, 5) is 10.7. The van der Waals surface area contributed by atoms with Crippen LogP contribution in [0.5, 0.6) is 0 Å². The Morgan fingerprint density at radius 2 is 0.893 bits per heavy atom. The Balaban J connectivity index is 1.05. The highest BCUT2D eigenvalue weighted by Crippen LogP contribution is 2.63. The maximum Gasteiger partial charge on any atom is 0.145 e. The lowest BCUT2D eigenvalue weighted by molar-refractivity contribution is 0.794. The first-order valence-electron chi connectivity index (χ1n) is 19.3. The molecule has 2 heterocycles. The van der Waals surface area contributed by atoms with Crippen LogP contribution in [0.25, 0.3) is 83.6 Å². The van der Waals surface area contributed by atoms with E-state index in [1.807, 2.05) is 6.07 Å². The number of nitrogens with zero attached hydrogens (tertiary/aromatic N) is 3. The summed E-state index contributed by atoms with van der Waals surface area (Å²) in [6.45, 7) is 0. The van der Waals surface area contributed by atoms with Crippen molar-refractivity contribution in [2.45, 2.75) is 5.41 Å². The molecule has 0 aliphatic heterocycles. The van der Waals surface area contributed by atoms with E-state index in [-0.39, 0.29) is 5.41 Å². The molecule has 3 nitrogen and oxygen atoms in total. The number of hydrogen-bond acceptors (Lipinski definition) is 2. The zero-order valence-electron chi connectivity index (χ0n) is 30.4. The third-order valence-corrected chi connectivity index (χ3v) is 12.0. The number of hydrogen-bond donors (Lipinski definition) is 0. The normalized spacial score (nSPS) is 13.1. The van der Waals surface area contributed by atoms with E-state index in [1.165, 1.54) is 55.6 Å². The average molecular weight is 712 g/mol. The fourth-order valence-corrected chi connectivity index (χ4v) is 9.68. The lowest BCUT2D eigenvalue weighted by Crippen LogP contribution is -2.25. The molecule has 0 amide bonds. The molecule has 2 aromatic heterocycles. The Morgan fingerprint density at radius 3 is 1.55 bits per heavy atom. The predicted octanol–water partition coefficient (Wildman–Crippen LogP) is 12.9. The van der Waals surface area contributed by atoms with Gasteiger partial charge in [-0.05, 0) is 79.9 Å². The largest absolute Gasteiger partial charge is 0.290 e. The van der Waals surface area contributed by atoms with Gasteiger partial charge in [-0.2, -0.15) is 0 Å². The van der Waals surface area contributed by atoms with Crippen molar-refractivity contribution in [2.24, 2.45) is 0 Å². The van der Waals surface area contributed by atoms with Gasteiger partial charge in [-0.3, -0.25) is 4.57 Å². The fourth-order valence-electron chi connectivity index (χ4n) is 9.68. The molecule has 0 saturated carbocycles. The number of benzene rings is 8. The quantitative estimate of drug-likeness (QED) is 0.182. The van der Waals surface area contributed by atoms with Gasteiger partial charge in [-0.1, -0.05) is 176 Å². The second-order valence-electron chi connectivity index (χ2n) is 14.9. The van der Waals surface area contributed by atoms with E-state index in [9.17, 15) is 0 Å². The average Bonchev–Trinajstić information content (AvgIpc) is 3.92. The topological polar surface area (TPSA) is 30.7 Å². The summed E-state index contributed by atoms with van der Waals surface area (Å²) in [6, 6.07) is 72.4.